The molecule has 0 aromatic heterocycles. The number of carbonyl (C=O) groups excluding carboxylic acids is 2. The van der Waals surface area contributed by atoms with Gasteiger partial charge in [0, 0.05) is 17.9 Å². The zero-order valence-electron chi connectivity index (χ0n) is 12.0. The number of nitrogens with one attached hydrogen (secondary N) is 1. The number of thiol groups is 3. The number of carboxylic acid groups (broad SMARTS) is 1. The minimum Gasteiger partial charge on any atom is -0.480 e. The van der Waals surface area contributed by atoms with Gasteiger partial charge < -0.3 is 9.84 Å². The highest BCUT2D eigenvalue weighted by Crippen LogP contribution is 2.06. The van der Waals surface area contributed by atoms with Crippen LogP contribution in [0.25, 0.3) is 0 Å². The molecule has 0 aliphatic carbocycles. The number of ether oxygens (including phenoxy) is 1. The molecule has 22 heavy (non-hydrogen) atoms. The third kappa shape index (κ3) is 7.82. The van der Waals surface area contributed by atoms with Crippen LogP contribution in [0, 0.1) is 0 Å². The Morgan fingerprint density at radius 1 is 1.23 bits per heavy atom. The molecule has 0 heterocycles. The van der Waals surface area contributed by atoms with Crippen LogP contribution in [0.15, 0.2) is 0 Å². The van der Waals surface area contributed by atoms with E-state index in [1.54, 1.807) is 6.92 Å². The number of rotatable bonds is 10. The van der Waals surface area contributed by atoms with E-state index in [1.165, 1.54) is 0 Å². The number of carbonyl (C=O) groups is 3. The molecule has 0 bridgehead atoms. The van der Waals surface area contributed by atoms with Gasteiger partial charge in [0.2, 0.25) is 5.91 Å². The molecule has 0 aromatic carbocycles. The van der Waals surface area contributed by atoms with E-state index in [0.29, 0.717) is 0 Å². The summed E-state index contributed by atoms with van der Waals surface area (Å²) >= 11 is 11.9. The number of amides is 1. The van der Waals surface area contributed by atoms with E-state index in [4.69, 9.17) is 9.84 Å². The SMILES string of the molecule is CCOC(=O)[C@H](CS)NN(C(=O)CCS)[C@@H](CS)C(=O)O.Cl. The lowest BCUT2D eigenvalue weighted by atomic mass is 10.3. The van der Waals surface area contributed by atoms with Crippen LogP contribution in [-0.4, -0.2) is 63.9 Å². The summed E-state index contributed by atoms with van der Waals surface area (Å²) in [6, 6.07) is -2.14. The maximum absolute atomic E-state index is 12.0. The standard InChI is InChI=1S/C11H20N2O5S3.ClH/c1-2-18-11(17)7(5-20)12-13(9(14)3-4-19)8(6-21)10(15)16;/h7-8,12,19-21H,2-6H2,1H3,(H,15,16);1H/t7-,8-;/m0./s1. The normalized spacial score (nSPS) is 12.7. The first-order valence-corrected chi connectivity index (χ1v) is 8.12. The van der Waals surface area contributed by atoms with E-state index >= 15 is 0 Å². The summed E-state index contributed by atoms with van der Waals surface area (Å²) < 4.78 is 4.84. The lowest BCUT2D eigenvalue weighted by Crippen LogP contribution is -2.59. The Morgan fingerprint density at radius 3 is 2.18 bits per heavy atom. The lowest BCUT2D eigenvalue weighted by Gasteiger charge is -2.31. The van der Waals surface area contributed by atoms with Crippen molar-refractivity contribution < 1.29 is 24.2 Å². The van der Waals surface area contributed by atoms with Gasteiger partial charge in [0.1, 0.15) is 6.04 Å². The van der Waals surface area contributed by atoms with Gasteiger partial charge in [-0.1, -0.05) is 0 Å². The average Bonchev–Trinajstić information content (AvgIpc) is 2.43. The Bertz CT molecular complexity index is 376. The number of aliphatic carboxylic acids is 1. The molecule has 0 unspecified atom stereocenters. The van der Waals surface area contributed by atoms with Crippen molar-refractivity contribution in [2.75, 3.05) is 23.9 Å². The van der Waals surface area contributed by atoms with Crippen LogP contribution in [0.5, 0.6) is 0 Å². The first-order chi connectivity index (χ1) is 9.92. The number of esters is 1. The second-order valence-corrected chi connectivity index (χ2v) is 5.07. The van der Waals surface area contributed by atoms with Crippen molar-refractivity contribution in [3.63, 3.8) is 0 Å². The highest BCUT2D eigenvalue weighted by atomic mass is 35.5. The van der Waals surface area contributed by atoms with E-state index in [0.717, 1.165) is 5.01 Å². The van der Waals surface area contributed by atoms with Crippen LogP contribution in [0.2, 0.25) is 0 Å². The Morgan fingerprint density at radius 2 is 1.82 bits per heavy atom. The van der Waals surface area contributed by atoms with Crippen molar-refractivity contribution in [2.45, 2.75) is 25.4 Å². The monoisotopic (exact) mass is 392 g/mol. The topological polar surface area (TPSA) is 95.9 Å². The summed E-state index contributed by atoms with van der Waals surface area (Å²) in [7, 11) is 0. The van der Waals surface area contributed by atoms with Crippen LogP contribution in [0.3, 0.4) is 0 Å². The zero-order chi connectivity index (χ0) is 16.4. The van der Waals surface area contributed by atoms with Crippen LogP contribution in [0.1, 0.15) is 13.3 Å². The fourth-order valence-electron chi connectivity index (χ4n) is 1.40. The molecule has 2 N–H and O–H groups in total. The van der Waals surface area contributed by atoms with Gasteiger partial charge in [0.05, 0.1) is 6.61 Å². The average molecular weight is 393 g/mol. The summed E-state index contributed by atoms with van der Waals surface area (Å²) in [5.41, 5.74) is 2.57. The molecule has 0 spiro atoms. The summed E-state index contributed by atoms with van der Waals surface area (Å²) in [5.74, 6) is -2.15. The quantitative estimate of drug-likeness (QED) is 0.208. The predicted octanol–water partition coefficient (Wildman–Crippen LogP) is 0.306. The molecule has 0 saturated carbocycles. The molecule has 0 saturated heterocycles. The van der Waals surface area contributed by atoms with E-state index < -0.39 is 29.9 Å². The van der Waals surface area contributed by atoms with Gasteiger partial charge in [-0.25, -0.2) is 10.2 Å². The number of hydrogen-bond acceptors (Lipinski definition) is 8. The first-order valence-electron chi connectivity index (χ1n) is 6.23. The maximum atomic E-state index is 12.0. The van der Waals surface area contributed by atoms with Gasteiger partial charge in [-0.05, 0) is 12.7 Å². The maximum Gasteiger partial charge on any atom is 0.328 e. The van der Waals surface area contributed by atoms with E-state index in [2.05, 4.69) is 43.3 Å². The summed E-state index contributed by atoms with van der Waals surface area (Å²) in [5, 5.41) is 10.0. The molecule has 0 fully saturated rings. The van der Waals surface area contributed by atoms with Crippen molar-refractivity contribution in [2.24, 2.45) is 0 Å². The molecule has 2 atom stereocenters. The Labute approximate surface area is 152 Å². The number of carboxylic acids is 1. The van der Waals surface area contributed by atoms with E-state index in [1.807, 2.05) is 0 Å². The van der Waals surface area contributed by atoms with Crippen molar-refractivity contribution in [3.8, 4) is 0 Å². The molecule has 7 nitrogen and oxygen atoms in total. The van der Waals surface area contributed by atoms with E-state index in [9.17, 15) is 14.4 Å². The van der Waals surface area contributed by atoms with Gasteiger partial charge >= 0.3 is 11.9 Å². The van der Waals surface area contributed by atoms with Gasteiger partial charge in [-0.2, -0.15) is 37.9 Å². The van der Waals surface area contributed by atoms with Crippen molar-refractivity contribution in [1.29, 1.82) is 0 Å². The second-order valence-electron chi connectivity index (χ2n) is 3.89. The summed E-state index contributed by atoms with van der Waals surface area (Å²) in [6.07, 6.45) is 0.0236. The Hall–Kier alpha value is -0.290. The number of hydrazine groups is 1. The minimum absolute atomic E-state index is 0. The molecule has 0 rings (SSSR count). The van der Waals surface area contributed by atoms with Crippen molar-refractivity contribution >= 4 is 68.1 Å². The van der Waals surface area contributed by atoms with Gasteiger partial charge in [-0.3, -0.25) is 14.6 Å². The molecule has 0 aliphatic heterocycles. The highest BCUT2D eigenvalue weighted by Gasteiger charge is 2.32. The lowest BCUT2D eigenvalue weighted by molar-refractivity contribution is -0.156. The fraction of sp³-hybridized carbons (Fsp3) is 0.727. The van der Waals surface area contributed by atoms with Crippen LogP contribution in [0.4, 0.5) is 0 Å². The van der Waals surface area contributed by atoms with Crippen molar-refractivity contribution in [3.05, 3.63) is 0 Å². The van der Waals surface area contributed by atoms with Crippen LogP contribution >= 0.6 is 50.3 Å². The number of halogens is 1. The smallest absolute Gasteiger partial charge is 0.328 e. The minimum atomic E-state index is -1.23. The van der Waals surface area contributed by atoms with E-state index in [-0.39, 0.29) is 42.7 Å². The van der Waals surface area contributed by atoms with Gasteiger partial charge in [0.25, 0.3) is 0 Å². The fourth-order valence-corrected chi connectivity index (χ4v) is 2.14. The molecule has 1 amide bonds. The predicted molar refractivity (Wildman–Crippen MR) is 95.3 cm³/mol. The summed E-state index contributed by atoms with van der Waals surface area (Å²) in [4.78, 5) is 34.9. The molecule has 130 valence electrons. The number of nitrogens with zero attached hydrogens (tertiary/aromatic N) is 1. The van der Waals surface area contributed by atoms with Crippen molar-refractivity contribution in [1.82, 2.24) is 10.4 Å². The zero-order valence-corrected chi connectivity index (χ0v) is 15.5. The summed E-state index contributed by atoms with van der Waals surface area (Å²) in [6.45, 7) is 1.81. The Balaban J connectivity index is 0. The second kappa shape index (κ2) is 13.2. The molecular weight excluding hydrogens is 372 g/mol. The third-order valence-corrected chi connectivity index (χ3v) is 3.35. The Kier molecular flexibility index (Phi) is 14.4. The molecule has 0 aromatic rings. The molecule has 0 radical (unpaired) electrons. The van der Waals surface area contributed by atoms with Crippen LogP contribution in [-0.2, 0) is 19.1 Å². The number of hydrogen-bond donors (Lipinski definition) is 5. The first kappa shape index (κ1) is 24.0. The largest absolute Gasteiger partial charge is 0.480 e. The van der Waals surface area contributed by atoms with Gasteiger partial charge in [-0.15, -0.1) is 12.4 Å². The highest BCUT2D eigenvalue weighted by molar-refractivity contribution is 7.80. The molecule has 0 aliphatic rings. The van der Waals surface area contributed by atoms with Crippen LogP contribution < -0.4 is 5.43 Å². The third-order valence-electron chi connectivity index (χ3n) is 2.41. The van der Waals surface area contributed by atoms with Gasteiger partial charge in [0.15, 0.2) is 6.04 Å². The molecular formula is C11H21ClN2O5S3. The molecule has 11 heteroatoms.